The van der Waals surface area contributed by atoms with Gasteiger partial charge in [-0.3, -0.25) is 4.79 Å². The Hall–Kier alpha value is -1.81. The number of ether oxygens (including phenoxy) is 1. The van der Waals surface area contributed by atoms with Crippen molar-refractivity contribution in [2.75, 3.05) is 27.7 Å². The van der Waals surface area contributed by atoms with Crippen molar-refractivity contribution in [2.24, 2.45) is 0 Å². The minimum absolute atomic E-state index is 0.0435. The molecule has 0 amide bonds. The molecule has 0 unspecified atom stereocenters. The van der Waals surface area contributed by atoms with Crippen molar-refractivity contribution in [3.8, 4) is 5.75 Å². The van der Waals surface area contributed by atoms with Crippen LogP contribution in [0.15, 0.2) is 28.9 Å². The van der Waals surface area contributed by atoms with Crippen molar-refractivity contribution in [2.45, 2.75) is 0 Å². The first-order valence-corrected chi connectivity index (χ1v) is 5.35. The number of hydrogen-bond donors (Lipinski definition) is 0. The lowest BCUT2D eigenvalue weighted by molar-refractivity contribution is 0.0958. The van der Waals surface area contributed by atoms with Gasteiger partial charge in [-0.25, -0.2) is 0 Å². The summed E-state index contributed by atoms with van der Waals surface area (Å²) in [6.07, 6.45) is 1.51. The summed E-state index contributed by atoms with van der Waals surface area (Å²) in [5.74, 6) is 0.764. The van der Waals surface area contributed by atoms with E-state index in [2.05, 4.69) is 0 Å². The van der Waals surface area contributed by atoms with Gasteiger partial charge < -0.3 is 14.1 Å². The first kappa shape index (κ1) is 11.7. The Labute approximate surface area is 99.8 Å². The number of carbonyl (C=O) groups is 1. The molecule has 0 aliphatic rings. The largest absolute Gasteiger partial charge is 0.497 e. The van der Waals surface area contributed by atoms with Crippen LogP contribution in [0.1, 0.15) is 10.4 Å². The first-order valence-electron chi connectivity index (χ1n) is 5.35. The van der Waals surface area contributed by atoms with Crippen LogP contribution in [0.3, 0.4) is 0 Å². The number of nitrogens with zero attached hydrogens (tertiary/aromatic N) is 1. The highest BCUT2D eigenvalue weighted by Gasteiger charge is 2.14. The molecule has 1 aromatic heterocycles. The first-order chi connectivity index (χ1) is 8.11. The number of likely N-dealkylation sites (N-methyl/N-ethyl adjacent to an activating group) is 1. The van der Waals surface area contributed by atoms with Crippen molar-refractivity contribution in [3.05, 3.63) is 30.0 Å². The monoisotopic (exact) mass is 233 g/mol. The van der Waals surface area contributed by atoms with E-state index in [1.807, 2.05) is 31.1 Å². The van der Waals surface area contributed by atoms with Crippen LogP contribution in [0.2, 0.25) is 0 Å². The van der Waals surface area contributed by atoms with Gasteiger partial charge in [0.1, 0.15) is 17.6 Å². The summed E-state index contributed by atoms with van der Waals surface area (Å²) in [4.78, 5) is 13.8. The van der Waals surface area contributed by atoms with E-state index in [1.165, 1.54) is 6.26 Å². The molecule has 1 heterocycles. The fourth-order valence-corrected chi connectivity index (χ4v) is 1.72. The molecule has 0 atom stereocenters. The average molecular weight is 233 g/mol. The smallest absolute Gasteiger partial charge is 0.180 e. The topological polar surface area (TPSA) is 42.7 Å². The molecule has 0 aliphatic carbocycles. The van der Waals surface area contributed by atoms with Gasteiger partial charge in [-0.15, -0.1) is 0 Å². The zero-order chi connectivity index (χ0) is 12.4. The SMILES string of the molecule is COc1ccc2occ(C(=O)CN(C)C)c2c1. The van der Waals surface area contributed by atoms with Crippen LogP contribution in [-0.2, 0) is 0 Å². The molecular formula is C13H15NO3. The molecule has 0 saturated heterocycles. The fraction of sp³-hybridized carbons (Fsp3) is 0.308. The summed E-state index contributed by atoms with van der Waals surface area (Å²) in [6.45, 7) is 0.367. The van der Waals surface area contributed by atoms with Crippen LogP contribution >= 0.6 is 0 Å². The molecular weight excluding hydrogens is 218 g/mol. The van der Waals surface area contributed by atoms with Crippen LogP contribution < -0.4 is 4.74 Å². The number of carbonyl (C=O) groups excluding carboxylic acids is 1. The van der Waals surface area contributed by atoms with Gasteiger partial charge in [0.05, 0.1) is 19.2 Å². The van der Waals surface area contributed by atoms with Gasteiger partial charge in [0, 0.05) is 5.39 Å². The normalized spacial score (nSPS) is 11.1. The Morgan fingerprint density at radius 3 is 2.82 bits per heavy atom. The fourth-order valence-electron chi connectivity index (χ4n) is 1.72. The lowest BCUT2D eigenvalue weighted by Gasteiger charge is -2.07. The predicted octanol–water partition coefficient (Wildman–Crippen LogP) is 2.19. The second-order valence-electron chi connectivity index (χ2n) is 4.17. The summed E-state index contributed by atoms with van der Waals surface area (Å²) < 4.78 is 10.5. The maximum absolute atomic E-state index is 12.0. The second kappa shape index (κ2) is 4.59. The van der Waals surface area contributed by atoms with Gasteiger partial charge >= 0.3 is 0 Å². The maximum atomic E-state index is 12.0. The second-order valence-corrected chi connectivity index (χ2v) is 4.17. The number of fused-ring (bicyclic) bond motifs is 1. The van der Waals surface area contributed by atoms with E-state index in [-0.39, 0.29) is 5.78 Å². The van der Waals surface area contributed by atoms with E-state index < -0.39 is 0 Å². The van der Waals surface area contributed by atoms with Gasteiger partial charge in [0.2, 0.25) is 0 Å². The van der Waals surface area contributed by atoms with E-state index in [0.29, 0.717) is 17.7 Å². The van der Waals surface area contributed by atoms with Crippen molar-refractivity contribution >= 4 is 16.8 Å². The van der Waals surface area contributed by atoms with Crippen LogP contribution in [0.4, 0.5) is 0 Å². The zero-order valence-electron chi connectivity index (χ0n) is 10.2. The molecule has 0 bridgehead atoms. The summed E-state index contributed by atoms with van der Waals surface area (Å²) in [6, 6.07) is 5.44. The molecule has 0 saturated carbocycles. The highest BCUT2D eigenvalue weighted by molar-refractivity contribution is 6.08. The number of furan rings is 1. The third-order valence-corrected chi connectivity index (χ3v) is 2.54. The number of hydrogen-bond acceptors (Lipinski definition) is 4. The highest BCUT2D eigenvalue weighted by Crippen LogP contribution is 2.26. The van der Waals surface area contributed by atoms with Gasteiger partial charge in [0.25, 0.3) is 0 Å². The predicted molar refractivity (Wildman–Crippen MR) is 65.7 cm³/mol. The number of methoxy groups -OCH3 is 1. The third kappa shape index (κ3) is 2.31. The molecule has 0 radical (unpaired) electrons. The lowest BCUT2D eigenvalue weighted by atomic mass is 10.1. The molecule has 4 heteroatoms. The molecule has 0 fully saturated rings. The molecule has 0 aliphatic heterocycles. The Bertz CT molecular complexity index is 543. The molecule has 2 rings (SSSR count). The minimum atomic E-state index is 0.0435. The molecule has 0 spiro atoms. The molecule has 4 nitrogen and oxygen atoms in total. The standard InChI is InChI=1S/C13H15NO3/c1-14(2)7-12(15)11-8-17-13-5-4-9(16-3)6-10(11)13/h4-6,8H,7H2,1-3H3. The number of benzene rings is 1. The van der Waals surface area contributed by atoms with E-state index in [4.69, 9.17) is 9.15 Å². The number of ketones is 1. The van der Waals surface area contributed by atoms with E-state index in [0.717, 1.165) is 11.1 Å². The van der Waals surface area contributed by atoms with Crippen molar-refractivity contribution < 1.29 is 13.9 Å². The van der Waals surface area contributed by atoms with E-state index in [9.17, 15) is 4.79 Å². The summed E-state index contributed by atoms with van der Waals surface area (Å²) >= 11 is 0. The Kier molecular flexibility index (Phi) is 3.15. The lowest BCUT2D eigenvalue weighted by Crippen LogP contribution is -2.21. The third-order valence-electron chi connectivity index (χ3n) is 2.54. The molecule has 1 aromatic carbocycles. The van der Waals surface area contributed by atoms with Crippen LogP contribution in [0, 0.1) is 0 Å². The zero-order valence-corrected chi connectivity index (χ0v) is 10.2. The van der Waals surface area contributed by atoms with Crippen molar-refractivity contribution in [1.82, 2.24) is 4.90 Å². The van der Waals surface area contributed by atoms with Gasteiger partial charge in [-0.2, -0.15) is 0 Å². The molecule has 90 valence electrons. The van der Waals surface area contributed by atoms with Gasteiger partial charge in [-0.1, -0.05) is 0 Å². The van der Waals surface area contributed by atoms with Crippen molar-refractivity contribution in [3.63, 3.8) is 0 Å². The van der Waals surface area contributed by atoms with E-state index >= 15 is 0 Å². The van der Waals surface area contributed by atoms with E-state index in [1.54, 1.807) is 13.2 Å². The Balaban J connectivity index is 2.43. The summed E-state index contributed by atoms with van der Waals surface area (Å²) in [5.41, 5.74) is 1.31. The molecule has 2 aromatic rings. The van der Waals surface area contributed by atoms with Gasteiger partial charge in [-0.05, 0) is 32.3 Å². The molecule has 0 N–H and O–H groups in total. The van der Waals surface area contributed by atoms with Gasteiger partial charge in [0.15, 0.2) is 5.78 Å². The summed E-state index contributed by atoms with van der Waals surface area (Å²) in [7, 11) is 5.32. The number of rotatable bonds is 4. The Morgan fingerprint density at radius 2 is 2.18 bits per heavy atom. The van der Waals surface area contributed by atoms with Crippen molar-refractivity contribution in [1.29, 1.82) is 0 Å². The maximum Gasteiger partial charge on any atom is 0.180 e. The van der Waals surface area contributed by atoms with Crippen LogP contribution in [0.25, 0.3) is 11.0 Å². The average Bonchev–Trinajstić information content (AvgIpc) is 2.70. The highest BCUT2D eigenvalue weighted by atomic mass is 16.5. The minimum Gasteiger partial charge on any atom is -0.497 e. The Morgan fingerprint density at radius 1 is 1.41 bits per heavy atom. The molecule has 17 heavy (non-hydrogen) atoms. The van der Waals surface area contributed by atoms with Crippen LogP contribution in [-0.4, -0.2) is 38.4 Å². The van der Waals surface area contributed by atoms with Crippen LogP contribution in [0.5, 0.6) is 5.75 Å². The quantitative estimate of drug-likeness (QED) is 0.759. The number of Topliss-reactive ketones (excluding diaryl/α,β-unsaturated/α-hetero) is 1. The summed E-state index contributed by atoms with van der Waals surface area (Å²) in [5, 5.41) is 0.802.